The van der Waals surface area contributed by atoms with Crippen LogP contribution in [0.3, 0.4) is 0 Å². The molecule has 0 spiro atoms. The van der Waals surface area contributed by atoms with Crippen LogP contribution in [0.5, 0.6) is 0 Å². The van der Waals surface area contributed by atoms with Gasteiger partial charge in [-0.05, 0) is 6.07 Å². The van der Waals surface area contributed by atoms with Crippen molar-refractivity contribution in [3.8, 4) is 0 Å². The summed E-state index contributed by atoms with van der Waals surface area (Å²) < 4.78 is 40.2. The van der Waals surface area contributed by atoms with Crippen molar-refractivity contribution in [3.63, 3.8) is 0 Å². The molecule has 1 saturated heterocycles. The zero-order valence-electron chi connectivity index (χ0n) is 14.3. The van der Waals surface area contributed by atoms with Crippen molar-refractivity contribution in [2.45, 2.75) is 5.75 Å². The lowest BCUT2D eigenvalue weighted by atomic mass is 10.1. The Hall–Kier alpha value is -2.09. The topological polar surface area (TPSA) is 57.7 Å². The molecule has 0 radical (unpaired) electrons. The Morgan fingerprint density at radius 3 is 2.19 bits per heavy atom. The Bertz CT molecular complexity index is 863. The predicted octanol–water partition coefficient (Wildman–Crippen LogP) is 2.16. The van der Waals surface area contributed by atoms with Gasteiger partial charge in [-0.15, -0.1) is 0 Å². The third-order valence-corrected chi connectivity index (χ3v) is 6.31. The van der Waals surface area contributed by atoms with Crippen LogP contribution in [-0.2, 0) is 15.8 Å². The predicted molar refractivity (Wildman–Crippen MR) is 97.8 cm³/mol. The number of carbonyl (C=O) groups is 1. The van der Waals surface area contributed by atoms with E-state index >= 15 is 0 Å². The van der Waals surface area contributed by atoms with Gasteiger partial charge in [0.2, 0.25) is 10.0 Å². The van der Waals surface area contributed by atoms with Crippen LogP contribution in [-0.4, -0.2) is 56.1 Å². The molecule has 2 aromatic carbocycles. The maximum absolute atomic E-state index is 13.7. The van der Waals surface area contributed by atoms with Crippen LogP contribution in [0.4, 0.5) is 4.39 Å². The van der Waals surface area contributed by atoms with Crippen LogP contribution in [0, 0.1) is 5.82 Å². The first-order chi connectivity index (χ1) is 12.5. The van der Waals surface area contributed by atoms with Crippen LogP contribution in [0.1, 0.15) is 15.9 Å². The highest BCUT2D eigenvalue weighted by Crippen LogP contribution is 2.16. The van der Waals surface area contributed by atoms with Gasteiger partial charge in [-0.3, -0.25) is 9.69 Å². The summed E-state index contributed by atoms with van der Waals surface area (Å²) in [4.78, 5) is 14.2. The normalized spacial score (nSPS) is 16.5. The van der Waals surface area contributed by atoms with Crippen molar-refractivity contribution in [1.29, 1.82) is 0 Å². The van der Waals surface area contributed by atoms with Gasteiger partial charge in [0.05, 0.1) is 12.3 Å². The van der Waals surface area contributed by atoms with E-state index in [0.29, 0.717) is 31.7 Å². The van der Waals surface area contributed by atoms with E-state index in [-0.39, 0.29) is 23.6 Å². The number of carbonyl (C=O) groups excluding carboxylic acids is 1. The molecule has 2 aromatic rings. The quantitative estimate of drug-likeness (QED) is 0.725. The summed E-state index contributed by atoms with van der Waals surface area (Å²) in [5, 5.41) is 0. The lowest BCUT2D eigenvalue weighted by Gasteiger charge is -2.33. The summed E-state index contributed by atoms with van der Waals surface area (Å²) >= 11 is 0. The number of nitrogens with zero attached hydrogens (tertiary/aromatic N) is 2. The Labute approximate surface area is 153 Å². The lowest BCUT2D eigenvalue weighted by molar-refractivity contribution is 0.0901. The zero-order chi connectivity index (χ0) is 18.6. The van der Waals surface area contributed by atoms with E-state index in [1.54, 1.807) is 18.2 Å². The first-order valence-corrected chi connectivity index (χ1v) is 10.1. The summed E-state index contributed by atoms with van der Waals surface area (Å²) in [6.45, 7) is 1.84. The molecule has 1 fully saturated rings. The van der Waals surface area contributed by atoms with Gasteiger partial charge in [0.1, 0.15) is 5.82 Å². The van der Waals surface area contributed by atoms with Gasteiger partial charge >= 0.3 is 0 Å². The third-order valence-electron chi connectivity index (χ3n) is 4.48. The van der Waals surface area contributed by atoms with E-state index in [0.717, 1.165) is 0 Å². The first-order valence-electron chi connectivity index (χ1n) is 8.47. The molecule has 7 heteroatoms. The van der Waals surface area contributed by atoms with Gasteiger partial charge in [-0.25, -0.2) is 12.8 Å². The van der Waals surface area contributed by atoms with Crippen LogP contribution in [0.15, 0.2) is 54.6 Å². The van der Waals surface area contributed by atoms with Crippen LogP contribution < -0.4 is 0 Å². The summed E-state index contributed by atoms with van der Waals surface area (Å²) in [7, 11) is -3.58. The van der Waals surface area contributed by atoms with Crippen molar-refractivity contribution in [3.05, 3.63) is 71.5 Å². The average Bonchev–Trinajstić information content (AvgIpc) is 2.65. The first kappa shape index (κ1) is 18.7. The molecular formula is C19H21FN2O3S. The van der Waals surface area contributed by atoms with Crippen molar-refractivity contribution in [2.24, 2.45) is 0 Å². The average molecular weight is 376 g/mol. The molecule has 0 N–H and O–H groups in total. The fourth-order valence-corrected chi connectivity index (χ4v) is 4.52. The fraction of sp³-hybridized carbons (Fsp3) is 0.316. The number of benzene rings is 2. The minimum absolute atomic E-state index is 0.0215. The number of ketones is 1. The van der Waals surface area contributed by atoms with Gasteiger partial charge in [-0.2, -0.15) is 4.31 Å². The lowest BCUT2D eigenvalue weighted by Crippen LogP contribution is -2.50. The smallest absolute Gasteiger partial charge is 0.218 e. The van der Waals surface area contributed by atoms with E-state index < -0.39 is 15.8 Å². The number of hydrogen-bond donors (Lipinski definition) is 0. The van der Waals surface area contributed by atoms with Crippen molar-refractivity contribution in [1.82, 2.24) is 9.21 Å². The van der Waals surface area contributed by atoms with Crippen LogP contribution in [0.2, 0.25) is 0 Å². The second-order valence-electron chi connectivity index (χ2n) is 6.31. The molecule has 1 aliphatic rings. The molecule has 0 atom stereocenters. The molecule has 1 heterocycles. The Balaban J connectivity index is 1.56. The second kappa shape index (κ2) is 8.07. The van der Waals surface area contributed by atoms with Crippen molar-refractivity contribution < 1.29 is 17.6 Å². The molecule has 138 valence electrons. The van der Waals surface area contributed by atoms with Gasteiger partial charge in [0.15, 0.2) is 5.78 Å². The van der Waals surface area contributed by atoms with Crippen molar-refractivity contribution >= 4 is 15.8 Å². The van der Waals surface area contributed by atoms with Crippen LogP contribution >= 0.6 is 0 Å². The van der Waals surface area contributed by atoms with Crippen LogP contribution in [0.25, 0.3) is 0 Å². The minimum Gasteiger partial charge on any atom is -0.293 e. The molecule has 0 saturated carbocycles. The number of hydrogen-bond acceptors (Lipinski definition) is 4. The number of halogens is 1. The fourth-order valence-electron chi connectivity index (χ4n) is 2.99. The second-order valence-corrected chi connectivity index (χ2v) is 8.28. The summed E-state index contributed by atoms with van der Waals surface area (Å²) in [5.41, 5.74) is 0.830. The number of Topliss-reactive ketones (excluding diaryl/α,β-unsaturated/α-hetero) is 1. The summed E-state index contributed by atoms with van der Waals surface area (Å²) in [6, 6.07) is 15.0. The van der Waals surface area contributed by atoms with Crippen molar-refractivity contribution in [2.75, 3.05) is 32.7 Å². The van der Waals surface area contributed by atoms with E-state index in [1.165, 1.54) is 22.5 Å². The van der Waals surface area contributed by atoms with E-state index in [1.807, 2.05) is 23.1 Å². The molecule has 0 unspecified atom stereocenters. The highest BCUT2D eigenvalue weighted by Gasteiger charge is 2.28. The molecule has 0 amide bonds. The monoisotopic (exact) mass is 376 g/mol. The maximum Gasteiger partial charge on any atom is 0.218 e. The molecule has 26 heavy (non-hydrogen) atoms. The van der Waals surface area contributed by atoms with E-state index in [2.05, 4.69) is 0 Å². The van der Waals surface area contributed by atoms with Gasteiger partial charge in [0, 0.05) is 37.3 Å². The van der Waals surface area contributed by atoms with E-state index in [4.69, 9.17) is 0 Å². The van der Waals surface area contributed by atoms with E-state index in [9.17, 15) is 17.6 Å². The molecule has 1 aliphatic heterocycles. The molecule has 0 aromatic heterocycles. The molecule has 5 nitrogen and oxygen atoms in total. The van der Waals surface area contributed by atoms with Gasteiger partial charge in [-0.1, -0.05) is 48.5 Å². The zero-order valence-corrected chi connectivity index (χ0v) is 15.2. The largest absolute Gasteiger partial charge is 0.293 e. The summed E-state index contributed by atoms with van der Waals surface area (Å²) in [6.07, 6.45) is 0. The van der Waals surface area contributed by atoms with Gasteiger partial charge in [0.25, 0.3) is 0 Å². The Kier molecular flexibility index (Phi) is 5.80. The standard InChI is InChI=1S/C19H21FN2O3S/c20-18-9-5-4-8-17(18)15-26(24,25)22-12-10-21(11-13-22)14-19(23)16-6-2-1-3-7-16/h1-9H,10-15H2. The third kappa shape index (κ3) is 4.55. The maximum atomic E-state index is 13.7. The molecule has 0 aliphatic carbocycles. The number of rotatable bonds is 6. The Morgan fingerprint density at radius 2 is 1.54 bits per heavy atom. The molecule has 3 rings (SSSR count). The summed E-state index contributed by atoms with van der Waals surface area (Å²) in [5.74, 6) is -0.834. The highest BCUT2D eigenvalue weighted by molar-refractivity contribution is 7.88. The number of sulfonamides is 1. The SMILES string of the molecule is O=C(CN1CCN(S(=O)(=O)Cc2ccccc2F)CC1)c1ccccc1. The molecule has 0 bridgehead atoms. The Morgan fingerprint density at radius 1 is 0.923 bits per heavy atom. The highest BCUT2D eigenvalue weighted by atomic mass is 32.2. The minimum atomic E-state index is -3.58. The number of piperazine rings is 1. The molecular weight excluding hydrogens is 355 g/mol. The van der Waals surface area contributed by atoms with Gasteiger partial charge < -0.3 is 0 Å².